The quantitative estimate of drug-likeness (QED) is 0.763. The van der Waals surface area contributed by atoms with E-state index in [0.717, 1.165) is 13.0 Å². The number of benzene rings is 1. The van der Waals surface area contributed by atoms with Crippen molar-refractivity contribution >= 4 is 11.4 Å². The van der Waals surface area contributed by atoms with Crippen LogP contribution in [0.5, 0.6) is 0 Å². The van der Waals surface area contributed by atoms with Gasteiger partial charge in [-0.1, -0.05) is 13.8 Å². The van der Waals surface area contributed by atoms with E-state index in [0.29, 0.717) is 12.1 Å². The normalized spacial score (nSPS) is 14.1. The number of hydrogen-bond donors (Lipinski definition) is 1. The molecule has 2 heteroatoms. The van der Waals surface area contributed by atoms with Gasteiger partial charge in [-0.15, -0.1) is 0 Å². The van der Waals surface area contributed by atoms with Crippen molar-refractivity contribution in [3.05, 3.63) is 24.3 Å². The molecule has 1 rings (SSSR count). The van der Waals surface area contributed by atoms with Gasteiger partial charge in [-0.3, -0.25) is 0 Å². The van der Waals surface area contributed by atoms with Crippen LogP contribution < -0.4 is 10.2 Å². The molecule has 0 heterocycles. The minimum atomic E-state index is 0.535. The number of rotatable bonds is 7. The third-order valence-corrected chi connectivity index (χ3v) is 3.69. The standard InChI is InChI=1S/C16H28N2/c1-6-13(4)17-15-9-11-16(12-10-15)18(8-3)14(5)7-2/h9-14,17H,6-8H2,1-5H3. The van der Waals surface area contributed by atoms with Crippen LogP contribution in [0.2, 0.25) is 0 Å². The highest BCUT2D eigenvalue weighted by Gasteiger charge is 2.10. The van der Waals surface area contributed by atoms with Crippen LogP contribution in [0.25, 0.3) is 0 Å². The first kappa shape index (κ1) is 14.9. The Morgan fingerprint density at radius 1 is 1.00 bits per heavy atom. The molecule has 0 saturated heterocycles. The molecule has 0 aliphatic rings. The third-order valence-electron chi connectivity index (χ3n) is 3.69. The zero-order valence-electron chi connectivity index (χ0n) is 12.5. The fourth-order valence-corrected chi connectivity index (χ4v) is 2.10. The summed E-state index contributed by atoms with van der Waals surface area (Å²) in [5.41, 5.74) is 2.54. The topological polar surface area (TPSA) is 15.3 Å². The summed E-state index contributed by atoms with van der Waals surface area (Å²) < 4.78 is 0. The summed E-state index contributed by atoms with van der Waals surface area (Å²) in [6.07, 6.45) is 2.33. The van der Waals surface area contributed by atoms with Crippen molar-refractivity contribution in [2.24, 2.45) is 0 Å². The fourth-order valence-electron chi connectivity index (χ4n) is 2.10. The molecule has 102 valence electrons. The maximum absolute atomic E-state index is 3.50. The molecule has 0 spiro atoms. The zero-order valence-corrected chi connectivity index (χ0v) is 12.5. The van der Waals surface area contributed by atoms with E-state index in [1.165, 1.54) is 17.8 Å². The van der Waals surface area contributed by atoms with Crippen molar-refractivity contribution in [2.45, 2.75) is 59.5 Å². The van der Waals surface area contributed by atoms with E-state index in [4.69, 9.17) is 0 Å². The highest BCUT2D eigenvalue weighted by Crippen LogP contribution is 2.21. The predicted molar refractivity (Wildman–Crippen MR) is 82.6 cm³/mol. The summed E-state index contributed by atoms with van der Waals surface area (Å²) in [6, 6.07) is 9.95. The summed E-state index contributed by atoms with van der Waals surface area (Å²) in [5, 5.41) is 3.50. The van der Waals surface area contributed by atoms with E-state index in [1.54, 1.807) is 0 Å². The van der Waals surface area contributed by atoms with Crippen LogP contribution in [0.1, 0.15) is 47.5 Å². The van der Waals surface area contributed by atoms with Crippen molar-refractivity contribution in [3.63, 3.8) is 0 Å². The molecule has 0 aliphatic carbocycles. The van der Waals surface area contributed by atoms with E-state index in [-0.39, 0.29) is 0 Å². The number of hydrogen-bond acceptors (Lipinski definition) is 2. The molecule has 0 aromatic heterocycles. The van der Waals surface area contributed by atoms with Gasteiger partial charge in [-0.25, -0.2) is 0 Å². The molecular weight excluding hydrogens is 220 g/mol. The SMILES string of the molecule is CCC(C)Nc1ccc(N(CC)C(C)CC)cc1. The Morgan fingerprint density at radius 2 is 1.61 bits per heavy atom. The number of nitrogens with one attached hydrogen (secondary N) is 1. The lowest BCUT2D eigenvalue weighted by Crippen LogP contribution is -2.32. The summed E-state index contributed by atoms with van der Waals surface area (Å²) in [4.78, 5) is 2.45. The molecule has 1 N–H and O–H groups in total. The molecule has 2 atom stereocenters. The first-order chi connectivity index (χ1) is 8.62. The van der Waals surface area contributed by atoms with Crippen LogP contribution >= 0.6 is 0 Å². The lowest BCUT2D eigenvalue weighted by Gasteiger charge is -2.29. The van der Waals surface area contributed by atoms with Gasteiger partial charge in [0.2, 0.25) is 0 Å². The van der Waals surface area contributed by atoms with Gasteiger partial charge in [0.1, 0.15) is 0 Å². The number of nitrogens with zero attached hydrogens (tertiary/aromatic N) is 1. The Hall–Kier alpha value is -1.18. The zero-order chi connectivity index (χ0) is 13.5. The van der Waals surface area contributed by atoms with E-state index >= 15 is 0 Å². The molecule has 1 aromatic rings. The van der Waals surface area contributed by atoms with Gasteiger partial charge in [-0.05, 0) is 57.9 Å². The minimum Gasteiger partial charge on any atom is -0.383 e. The van der Waals surface area contributed by atoms with Crippen molar-refractivity contribution in [2.75, 3.05) is 16.8 Å². The second-order valence-electron chi connectivity index (χ2n) is 5.04. The third kappa shape index (κ3) is 3.94. The van der Waals surface area contributed by atoms with Crippen LogP contribution in [0.15, 0.2) is 24.3 Å². The Kier molecular flexibility index (Phi) is 6.03. The van der Waals surface area contributed by atoms with Crippen molar-refractivity contribution in [1.29, 1.82) is 0 Å². The second-order valence-corrected chi connectivity index (χ2v) is 5.04. The molecule has 0 saturated carbocycles. The molecule has 1 aromatic carbocycles. The monoisotopic (exact) mass is 248 g/mol. The van der Waals surface area contributed by atoms with Gasteiger partial charge < -0.3 is 10.2 Å². The lowest BCUT2D eigenvalue weighted by molar-refractivity contribution is 0.630. The predicted octanol–water partition coefficient (Wildman–Crippen LogP) is 4.52. The molecule has 0 fully saturated rings. The maximum atomic E-state index is 3.50. The van der Waals surface area contributed by atoms with Crippen molar-refractivity contribution in [3.8, 4) is 0 Å². The van der Waals surface area contributed by atoms with Gasteiger partial charge in [0.15, 0.2) is 0 Å². The highest BCUT2D eigenvalue weighted by molar-refractivity contribution is 5.55. The molecule has 0 radical (unpaired) electrons. The average Bonchev–Trinajstić information content (AvgIpc) is 2.41. The van der Waals surface area contributed by atoms with Gasteiger partial charge >= 0.3 is 0 Å². The van der Waals surface area contributed by atoms with Gasteiger partial charge in [0.05, 0.1) is 0 Å². The first-order valence-corrected chi connectivity index (χ1v) is 7.25. The van der Waals surface area contributed by atoms with E-state index in [2.05, 4.69) is 69.1 Å². The van der Waals surface area contributed by atoms with Gasteiger partial charge in [-0.2, -0.15) is 0 Å². The second kappa shape index (κ2) is 7.30. The Labute approximate surface area is 112 Å². The molecule has 0 bridgehead atoms. The van der Waals surface area contributed by atoms with Crippen LogP contribution in [-0.2, 0) is 0 Å². The van der Waals surface area contributed by atoms with E-state index < -0.39 is 0 Å². The molecule has 2 unspecified atom stereocenters. The van der Waals surface area contributed by atoms with Crippen LogP contribution in [0.3, 0.4) is 0 Å². The fraction of sp³-hybridized carbons (Fsp3) is 0.625. The van der Waals surface area contributed by atoms with Crippen LogP contribution in [0.4, 0.5) is 11.4 Å². The Bertz CT molecular complexity index is 331. The van der Waals surface area contributed by atoms with Crippen LogP contribution in [0, 0.1) is 0 Å². The Morgan fingerprint density at radius 3 is 2.06 bits per heavy atom. The minimum absolute atomic E-state index is 0.535. The molecule has 18 heavy (non-hydrogen) atoms. The first-order valence-electron chi connectivity index (χ1n) is 7.25. The van der Waals surface area contributed by atoms with E-state index in [1.807, 2.05) is 0 Å². The molecule has 2 nitrogen and oxygen atoms in total. The average molecular weight is 248 g/mol. The smallest absolute Gasteiger partial charge is 0.0370 e. The largest absolute Gasteiger partial charge is 0.383 e. The van der Waals surface area contributed by atoms with Gasteiger partial charge in [0, 0.05) is 30.0 Å². The van der Waals surface area contributed by atoms with Gasteiger partial charge in [0.25, 0.3) is 0 Å². The van der Waals surface area contributed by atoms with Crippen LogP contribution in [-0.4, -0.2) is 18.6 Å². The lowest BCUT2D eigenvalue weighted by atomic mass is 10.1. The number of anilines is 2. The summed E-state index contributed by atoms with van der Waals surface area (Å²) in [7, 11) is 0. The molecule has 0 amide bonds. The van der Waals surface area contributed by atoms with Crippen molar-refractivity contribution in [1.82, 2.24) is 0 Å². The maximum Gasteiger partial charge on any atom is 0.0370 e. The molecule has 0 aliphatic heterocycles. The van der Waals surface area contributed by atoms with E-state index in [9.17, 15) is 0 Å². The Balaban J connectivity index is 2.74. The highest BCUT2D eigenvalue weighted by atomic mass is 15.1. The summed E-state index contributed by atoms with van der Waals surface area (Å²) in [6.45, 7) is 12.2. The van der Waals surface area contributed by atoms with Crippen molar-refractivity contribution < 1.29 is 0 Å². The summed E-state index contributed by atoms with van der Waals surface area (Å²) >= 11 is 0. The molecular formula is C16H28N2. The summed E-state index contributed by atoms with van der Waals surface area (Å²) in [5.74, 6) is 0.